The second-order valence-electron chi connectivity index (χ2n) is 4.12. The first-order valence-corrected chi connectivity index (χ1v) is 5.70. The zero-order valence-electron chi connectivity index (χ0n) is 9.56. The summed E-state index contributed by atoms with van der Waals surface area (Å²) >= 11 is 0. The van der Waals surface area contributed by atoms with Crippen LogP contribution in [0.15, 0.2) is 18.3 Å². The molecule has 1 aromatic heterocycles. The molecule has 0 radical (unpaired) electrons. The first-order valence-electron chi connectivity index (χ1n) is 5.70. The van der Waals surface area contributed by atoms with Crippen molar-refractivity contribution in [3.8, 4) is 11.6 Å². The van der Waals surface area contributed by atoms with Crippen LogP contribution in [0, 0.1) is 5.92 Å². The van der Waals surface area contributed by atoms with Crippen molar-refractivity contribution in [2.45, 2.75) is 25.4 Å². The van der Waals surface area contributed by atoms with Crippen molar-refractivity contribution in [2.24, 2.45) is 11.7 Å². The summed E-state index contributed by atoms with van der Waals surface area (Å²) in [6.45, 7) is 0.695. The summed E-state index contributed by atoms with van der Waals surface area (Å²) in [7, 11) is 1.62. The Hall–Kier alpha value is -1.29. The van der Waals surface area contributed by atoms with Gasteiger partial charge in [0.2, 0.25) is 5.88 Å². The van der Waals surface area contributed by atoms with Crippen molar-refractivity contribution in [1.82, 2.24) is 4.98 Å². The van der Waals surface area contributed by atoms with Crippen LogP contribution >= 0.6 is 0 Å². The largest absolute Gasteiger partial charge is 0.495 e. The highest BCUT2D eigenvalue weighted by Crippen LogP contribution is 2.28. The van der Waals surface area contributed by atoms with E-state index in [2.05, 4.69) is 4.98 Å². The van der Waals surface area contributed by atoms with Crippen LogP contribution in [0.4, 0.5) is 0 Å². The summed E-state index contributed by atoms with van der Waals surface area (Å²) in [6.07, 6.45) is 5.34. The molecule has 1 heterocycles. The third kappa shape index (κ3) is 2.44. The van der Waals surface area contributed by atoms with E-state index in [1.54, 1.807) is 13.3 Å². The molecule has 2 rings (SSSR count). The van der Waals surface area contributed by atoms with E-state index in [9.17, 15) is 0 Å². The third-order valence-electron chi connectivity index (χ3n) is 3.11. The highest BCUT2D eigenvalue weighted by Gasteiger charge is 2.27. The van der Waals surface area contributed by atoms with Gasteiger partial charge in [0.05, 0.1) is 13.3 Å². The molecule has 1 fully saturated rings. The molecule has 1 aliphatic carbocycles. The number of hydrogen-bond acceptors (Lipinski definition) is 4. The Morgan fingerprint density at radius 2 is 2.31 bits per heavy atom. The van der Waals surface area contributed by atoms with Crippen LogP contribution in [0.1, 0.15) is 19.3 Å². The van der Waals surface area contributed by atoms with Crippen LogP contribution in [0.5, 0.6) is 11.6 Å². The Kier molecular flexibility index (Phi) is 3.62. The van der Waals surface area contributed by atoms with Crippen LogP contribution in [-0.4, -0.2) is 24.7 Å². The molecule has 0 aliphatic heterocycles. The normalized spacial score (nSPS) is 24.4. The molecule has 1 aromatic rings. The van der Waals surface area contributed by atoms with E-state index in [0.717, 1.165) is 18.6 Å². The smallest absolute Gasteiger partial charge is 0.213 e. The second-order valence-corrected chi connectivity index (χ2v) is 4.12. The molecule has 0 aromatic carbocycles. The number of nitrogens with zero attached hydrogens (tertiary/aromatic N) is 1. The lowest BCUT2D eigenvalue weighted by Gasteiger charge is -2.19. The molecular weight excluding hydrogens is 204 g/mol. The fourth-order valence-electron chi connectivity index (χ4n) is 2.14. The fourth-order valence-corrected chi connectivity index (χ4v) is 2.14. The summed E-state index contributed by atoms with van der Waals surface area (Å²) in [4.78, 5) is 4.19. The lowest BCUT2D eigenvalue weighted by atomic mass is 10.1. The van der Waals surface area contributed by atoms with E-state index in [1.165, 1.54) is 6.42 Å². The van der Waals surface area contributed by atoms with Gasteiger partial charge in [0, 0.05) is 12.0 Å². The predicted octanol–water partition coefficient (Wildman–Crippen LogP) is 1.60. The van der Waals surface area contributed by atoms with Crippen LogP contribution in [0.3, 0.4) is 0 Å². The number of rotatable bonds is 4. The predicted molar refractivity (Wildman–Crippen MR) is 61.6 cm³/mol. The topological polar surface area (TPSA) is 57.4 Å². The van der Waals surface area contributed by atoms with Gasteiger partial charge in [-0.15, -0.1) is 0 Å². The molecule has 0 spiro atoms. The van der Waals surface area contributed by atoms with Gasteiger partial charge in [-0.1, -0.05) is 0 Å². The Morgan fingerprint density at radius 3 is 2.94 bits per heavy atom. The van der Waals surface area contributed by atoms with Crippen LogP contribution in [-0.2, 0) is 0 Å². The summed E-state index contributed by atoms with van der Waals surface area (Å²) in [5.74, 6) is 1.88. The quantitative estimate of drug-likeness (QED) is 0.840. The fraction of sp³-hybridized carbons (Fsp3) is 0.583. The zero-order valence-corrected chi connectivity index (χ0v) is 9.56. The molecule has 4 nitrogen and oxygen atoms in total. The van der Waals surface area contributed by atoms with Gasteiger partial charge in [-0.05, 0) is 31.9 Å². The minimum atomic E-state index is 0.228. The maximum Gasteiger partial charge on any atom is 0.213 e. The van der Waals surface area contributed by atoms with Crippen molar-refractivity contribution in [2.75, 3.05) is 13.7 Å². The molecule has 0 bridgehead atoms. The Labute approximate surface area is 95.8 Å². The maximum atomic E-state index is 5.83. The van der Waals surface area contributed by atoms with E-state index in [1.807, 2.05) is 12.1 Å². The molecule has 1 aliphatic rings. The number of pyridine rings is 1. The minimum absolute atomic E-state index is 0.228. The van der Waals surface area contributed by atoms with Crippen LogP contribution in [0.25, 0.3) is 0 Å². The molecular formula is C12H18N2O2. The molecule has 4 heteroatoms. The number of ether oxygens (including phenoxy) is 2. The standard InChI is InChI=1S/C12H18N2O2/c1-15-10-5-6-12(14-8-10)16-11-4-2-3-9(11)7-13/h5-6,8-9,11H,2-4,7,13H2,1H3. The summed E-state index contributed by atoms with van der Waals surface area (Å²) < 4.78 is 10.9. The molecule has 2 N–H and O–H groups in total. The average molecular weight is 222 g/mol. The Balaban J connectivity index is 1.97. The van der Waals surface area contributed by atoms with Gasteiger partial charge in [-0.3, -0.25) is 0 Å². The van der Waals surface area contributed by atoms with Crippen molar-refractivity contribution in [3.63, 3.8) is 0 Å². The van der Waals surface area contributed by atoms with Gasteiger partial charge in [0.15, 0.2) is 0 Å². The van der Waals surface area contributed by atoms with Gasteiger partial charge >= 0.3 is 0 Å². The van der Waals surface area contributed by atoms with Gasteiger partial charge in [-0.25, -0.2) is 4.98 Å². The van der Waals surface area contributed by atoms with Gasteiger partial charge in [0.1, 0.15) is 11.9 Å². The molecule has 16 heavy (non-hydrogen) atoms. The van der Waals surface area contributed by atoms with E-state index in [0.29, 0.717) is 18.3 Å². The molecule has 0 amide bonds. The highest BCUT2D eigenvalue weighted by molar-refractivity contribution is 5.22. The van der Waals surface area contributed by atoms with Crippen LogP contribution < -0.4 is 15.2 Å². The van der Waals surface area contributed by atoms with Crippen molar-refractivity contribution in [1.29, 1.82) is 0 Å². The van der Waals surface area contributed by atoms with Crippen LogP contribution in [0.2, 0.25) is 0 Å². The van der Waals surface area contributed by atoms with Crippen molar-refractivity contribution in [3.05, 3.63) is 18.3 Å². The third-order valence-corrected chi connectivity index (χ3v) is 3.11. The van der Waals surface area contributed by atoms with E-state index in [4.69, 9.17) is 15.2 Å². The Morgan fingerprint density at radius 1 is 1.44 bits per heavy atom. The molecule has 0 saturated heterocycles. The van der Waals surface area contributed by atoms with Gasteiger partial charge in [0.25, 0.3) is 0 Å². The average Bonchev–Trinajstić information content (AvgIpc) is 2.77. The second kappa shape index (κ2) is 5.16. The van der Waals surface area contributed by atoms with Crippen molar-refractivity contribution < 1.29 is 9.47 Å². The molecule has 1 saturated carbocycles. The van der Waals surface area contributed by atoms with E-state index < -0.39 is 0 Å². The van der Waals surface area contributed by atoms with E-state index >= 15 is 0 Å². The summed E-state index contributed by atoms with van der Waals surface area (Å²) in [5, 5.41) is 0. The number of hydrogen-bond donors (Lipinski definition) is 1. The lowest BCUT2D eigenvalue weighted by molar-refractivity contribution is 0.155. The van der Waals surface area contributed by atoms with E-state index in [-0.39, 0.29) is 6.10 Å². The van der Waals surface area contributed by atoms with Gasteiger partial charge in [-0.2, -0.15) is 0 Å². The first kappa shape index (κ1) is 11.2. The minimum Gasteiger partial charge on any atom is -0.495 e. The zero-order chi connectivity index (χ0) is 11.4. The molecule has 88 valence electrons. The SMILES string of the molecule is COc1ccc(OC2CCCC2CN)nc1. The lowest BCUT2D eigenvalue weighted by Crippen LogP contribution is -2.27. The summed E-state index contributed by atoms with van der Waals surface area (Å²) in [5.41, 5.74) is 5.70. The first-order chi connectivity index (χ1) is 7.83. The number of methoxy groups -OCH3 is 1. The monoisotopic (exact) mass is 222 g/mol. The maximum absolute atomic E-state index is 5.83. The summed E-state index contributed by atoms with van der Waals surface area (Å²) in [6, 6.07) is 3.69. The van der Waals surface area contributed by atoms with Gasteiger partial charge < -0.3 is 15.2 Å². The van der Waals surface area contributed by atoms with Crippen molar-refractivity contribution >= 4 is 0 Å². The number of aromatic nitrogens is 1. The molecule has 2 atom stereocenters. The highest BCUT2D eigenvalue weighted by atomic mass is 16.5. The molecule has 2 unspecified atom stereocenters. The Bertz CT molecular complexity index is 326. The number of nitrogens with two attached hydrogens (primary N) is 1.